The van der Waals surface area contributed by atoms with Gasteiger partial charge < -0.3 is 9.74 Å². The lowest BCUT2D eigenvalue weighted by Gasteiger charge is -2.35. The summed E-state index contributed by atoms with van der Waals surface area (Å²) < 4.78 is 0. The summed E-state index contributed by atoms with van der Waals surface area (Å²) in [5.41, 5.74) is 3.12. The maximum absolute atomic E-state index is 12.7. The monoisotopic (exact) mass is 380 g/mol. The molecule has 4 heteroatoms. The van der Waals surface area contributed by atoms with Gasteiger partial charge >= 0.3 is 0 Å². The summed E-state index contributed by atoms with van der Waals surface area (Å²) in [5, 5.41) is 3.97. The Morgan fingerprint density at radius 3 is 2.11 bits per heavy atom. The van der Waals surface area contributed by atoms with E-state index >= 15 is 0 Å². The number of rotatable bonds is 6. The molecule has 28 heavy (non-hydrogen) atoms. The van der Waals surface area contributed by atoms with Crippen LogP contribution in [0.2, 0.25) is 0 Å². The third-order valence-corrected chi connectivity index (χ3v) is 4.54. The maximum Gasteiger partial charge on any atom is 0.264 e. The standard InChI is InChI=1S/C24H32N2O2/c1-23(2,3)21-14-12-19(13-15-21)16-25-28-18-22(27)26(24(4,5)6)17-20-10-8-7-9-11-20/h7-16H,17-18H2,1-6H3/b25-16+. The van der Waals surface area contributed by atoms with E-state index in [0.717, 1.165) is 11.1 Å². The minimum Gasteiger partial charge on any atom is -0.386 e. The fraction of sp³-hybridized carbons (Fsp3) is 0.417. The van der Waals surface area contributed by atoms with Gasteiger partial charge in [-0.25, -0.2) is 0 Å². The van der Waals surface area contributed by atoms with E-state index in [-0.39, 0.29) is 23.5 Å². The van der Waals surface area contributed by atoms with Gasteiger partial charge in [0.25, 0.3) is 5.91 Å². The quantitative estimate of drug-likeness (QED) is 0.513. The lowest BCUT2D eigenvalue weighted by Crippen LogP contribution is -2.46. The van der Waals surface area contributed by atoms with Gasteiger partial charge in [-0.1, -0.05) is 80.5 Å². The molecule has 0 fully saturated rings. The van der Waals surface area contributed by atoms with Gasteiger partial charge in [-0.15, -0.1) is 0 Å². The van der Waals surface area contributed by atoms with E-state index in [9.17, 15) is 4.79 Å². The van der Waals surface area contributed by atoms with Crippen molar-refractivity contribution in [2.24, 2.45) is 5.16 Å². The molecule has 1 amide bonds. The first kappa shape index (κ1) is 21.7. The van der Waals surface area contributed by atoms with Crippen molar-refractivity contribution in [3.63, 3.8) is 0 Å². The molecule has 0 aliphatic rings. The smallest absolute Gasteiger partial charge is 0.264 e. The number of nitrogens with zero attached hydrogens (tertiary/aromatic N) is 2. The number of hydrogen-bond acceptors (Lipinski definition) is 3. The van der Waals surface area contributed by atoms with Crippen molar-refractivity contribution >= 4 is 12.1 Å². The van der Waals surface area contributed by atoms with Crippen LogP contribution in [0.15, 0.2) is 59.8 Å². The molecule has 2 aromatic carbocycles. The minimum absolute atomic E-state index is 0.0827. The fourth-order valence-electron chi connectivity index (χ4n) is 2.80. The number of carbonyl (C=O) groups is 1. The molecule has 2 rings (SSSR count). The van der Waals surface area contributed by atoms with E-state index in [4.69, 9.17) is 4.84 Å². The molecular weight excluding hydrogens is 348 g/mol. The zero-order valence-electron chi connectivity index (χ0n) is 17.9. The highest BCUT2D eigenvalue weighted by Crippen LogP contribution is 2.22. The van der Waals surface area contributed by atoms with E-state index < -0.39 is 0 Å². The molecule has 0 aliphatic heterocycles. The third kappa shape index (κ3) is 6.52. The van der Waals surface area contributed by atoms with Crippen molar-refractivity contribution in [3.8, 4) is 0 Å². The van der Waals surface area contributed by atoms with Crippen molar-refractivity contribution in [3.05, 3.63) is 71.3 Å². The second-order valence-electron chi connectivity index (χ2n) is 9.02. The molecule has 0 saturated heterocycles. The highest BCUT2D eigenvalue weighted by Gasteiger charge is 2.26. The van der Waals surface area contributed by atoms with E-state index in [1.807, 2.05) is 68.1 Å². The molecular formula is C24H32N2O2. The van der Waals surface area contributed by atoms with E-state index in [0.29, 0.717) is 6.54 Å². The molecule has 0 heterocycles. The summed E-state index contributed by atoms with van der Waals surface area (Å²) in [6, 6.07) is 18.2. The topological polar surface area (TPSA) is 41.9 Å². The molecule has 0 aliphatic carbocycles. The van der Waals surface area contributed by atoms with Crippen molar-refractivity contribution in [1.29, 1.82) is 0 Å². The Hall–Kier alpha value is -2.62. The molecule has 0 spiro atoms. The van der Waals surface area contributed by atoms with Crippen LogP contribution >= 0.6 is 0 Å². The molecule has 0 bridgehead atoms. The van der Waals surface area contributed by atoms with Gasteiger partial charge in [0.15, 0.2) is 6.61 Å². The third-order valence-electron chi connectivity index (χ3n) is 4.54. The van der Waals surface area contributed by atoms with Crippen molar-refractivity contribution in [1.82, 2.24) is 4.90 Å². The molecule has 4 nitrogen and oxygen atoms in total. The van der Waals surface area contributed by atoms with Crippen LogP contribution in [0.5, 0.6) is 0 Å². The van der Waals surface area contributed by atoms with Gasteiger partial charge in [0.2, 0.25) is 0 Å². The van der Waals surface area contributed by atoms with Crippen molar-refractivity contribution in [2.75, 3.05) is 6.61 Å². The number of carbonyl (C=O) groups excluding carboxylic acids is 1. The highest BCUT2D eigenvalue weighted by atomic mass is 16.6. The van der Waals surface area contributed by atoms with Crippen LogP contribution in [0, 0.1) is 0 Å². The largest absolute Gasteiger partial charge is 0.386 e. The summed E-state index contributed by atoms with van der Waals surface area (Å²) in [4.78, 5) is 19.8. The Labute approximate surface area is 169 Å². The summed E-state index contributed by atoms with van der Waals surface area (Å²) in [6.45, 7) is 13.1. The van der Waals surface area contributed by atoms with Gasteiger partial charge in [0, 0.05) is 12.1 Å². The second-order valence-corrected chi connectivity index (χ2v) is 9.02. The van der Waals surface area contributed by atoms with Crippen molar-refractivity contribution < 1.29 is 9.63 Å². The highest BCUT2D eigenvalue weighted by molar-refractivity contribution is 5.80. The van der Waals surface area contributed by atoms with E-state index in [1.54, 1.807) is 6.21 Å². The van der Waals surface area contributed by atoms with Gasteiger partial charge in [0.05, 0.1) is 6.21 Å². The van der Waals surface area contributed by atoms with Crippen LogP contribution in [0.4, 0.5) is 0 Å². The fourth-order valence-corrected chi connectivity index (χ4v) is 2.80. The first-order valence-electron chi connectivity index (χ1n) is 9.67. The van der Waals surface area contributed by atoms with Gasteiger partial charge in [-0.2, -0.15) is 0 Å². The molecule has 0 saturated carbocycles. The second kappa shape index (κ2) is 9.05. The molecule has 0 atom stereocenters. The number of oxime groups is 1. The van der Waals surface area contributed by atoms with Crippen LogP contribution in [0.1, 0.15) is 58.2 Å². The molecule has 2 aromatic rings. The SMILES string of the molecule is CC(C)(C)c1ccc(/C=N/OCC(=O)N(Cc2ccccc2)C(C)(C)C)cc1. The van der Waals surface area contributed by atoms with Gasteiger partial charge in [0.1, 0.15) is 0 Å². The van der Waals surface area contributed by atoms with Crippen LogP contribution in [-0.4, -0.2) is 29.2 Å². The number of amides is 1. The van der Waals surface area contributed by atoms with E-state index in [1.165, 1.54) is 5.56 Å². The Morgan fingerprint density at radius 2 is 1.57 bits per heavy atom. The molecule has 0 unspecified atom stereocenters. The number of benzene rings is 2. The Kier molecular flexibility index (Phi) is 7.00. The summed E-state index contributed by atoms with van der Waals surface area (Å²) in [7, 11) is 0. The average molecular weight is 381 g/mol. The number of hydrogen-bond donors (Lipinski definition) is 0. The zero-order chi connectivity index (χ0) is 20.8. The minimum atomic E-state index is -0.303. The normalized spacial score (nSPS) is 12.2. The Bertz CT molecular complexity index is 782. The van der Waals surface area contributed by atoms with Crippen LogP contribution in [0.3, 0.4) is 0 Å². The maximum atomic E-state index is 12.7. The van der Waals surface area contributed by atoms with Crippen LogP contribution in [0.25, 0.3) is 0 Å². The molecule has 0 N–H and O–H groups in total. The lowest BCUT2D eigenvalue weighted by molar-refractivity contribution is -0.141. The van der Waals surface area contributed by atoms with Crippen LogP contribution < -0.4 is 0 Å². The summed E-state index contributed by atoms with van der Waals surface area (Å²) in [6.07, 6.45) is 1.64. The Morgan fingerprint density at radius 1 is 0.964 bits per heavy atom. The van der Waals surface area contributed by atoms with Crippen LogP contribution in [-0.2, 0) is 21.6 Å². The first-order chi connectivity index (χ1) is 13.1. The molecule has 0 radical (unpaired) electrons. The first-order valence-corrected chi connectivity index (χ1v) is 9.67. The zero-order valence-corrected chi connectivity index (χ0v) is 17.9. The predicted molar refractivity (Wildman–Crippen MR) is 115 cm³/mol. The van der Waals surface area contributed by atoms with Gasteiger partial charge in [-0.05, 0) is 42.9 Å². The predicted octanol–water partition coefficient (Wildman–Crippen LogP) is 5.16. The molecule has 150 valence electrons. The lowest BCUT2D eigenvalue weighted by atomic mass is 9.87. The average Bonchev–Trinajstić information content (AvgIpc) is 2.62. The summed E-state index contributed by atoms with van der Waals surface area (Å²) in [5.74, 6) is -0.0865. The van der Waals surface area contributed by atoms with Gasteiger partial charge in [-0.3, -0.25) is 4.79 Å². The summed E-state index contributed by atoms with van der Waals surface area (Å²) >= 11 is 0. The Balaban J connectivity index is 1.94. The molecule has 0 aromatic heterocycles. The van der Waals surface area contributed by atoms with E-state index in [2.05, 4.69) is 38.1 Å². The van der Waals surface area contributed by atoms with Crippen molar-refractivity contribution in [2.45, 2.75) is 59.0 Å².